The van der Waals surface area contributed by atoms with Crippen molar-refractivity contribution in [3.05, 3.63) is 23.4 Å². The number of rotatable bonds is 8. The zero-order valence-corrected chi connectivity index (χ0v) is 14.5. The summed E-state index contributed by atoms with van der Waals surface area (Å²) in [6.45, 7) is 10.9. The molecule has 21 heavy (non-hydrogen) atoms. The maximum atomic E-state index is 11.8. The van der Waals surface area contributed by atoms with Gasteiger partial charge in [0, 0.05) is 10.9 Å². The number of nitrogens with zero attached hydrogens (tertiary/aromatic N) is 1. The summed E-state index contributed by atoms with van der Waals surface area (Å²) in [7, 11) is 0. The number of pyridine rings is 1. The second-order valence-electron chi connectivity index (χ2n) is 5.88. The Balaban J connectivity index is 2.73. The molecule has 2 atom stereocenters. The van der Waals surface area contributed by atoms with E-state index in [-0.39, 0.29) is 11.2 Å². The molecule has 3 N–H and O–H groups in total. The molecule has 0 saturated heterocycles. The van der Waals surface area contributed by atoms with Crippen molar-refractivity contribution in [1.82, 2.24) is 10.3 Å². The number of nitrogens with two attached hydrogens (primary N) is 1. The molecule has 1 aromatic rings. The fraction of sp³-hybridized carbons (Fsp3) is 0.625. The van der Waals surface area contributed by atoms with Gasteiger partial charge in [-0.1, -0.05) is 13.8 Å². The standard InChI is InChI=1S/C16H27N3OS/c1-6-7-18-16(5,15(17)20)10-13(4)21-14-9-11(2)8-12(3)19-14/h8-9,13,18H,6-7,10H2,1-5H3,(H2,17,20). The highest BCUT2D eigenvalue weighted by molar-refractivity contribution is 7.99. The first-order chi connectivity index (χ1) is 9.76. The SMILES string of the molecule is CCCNC(C)(CC(C)Sc1cc(C)cc(C)n1)C(N)=O. The lowest BCUT2D eigenvalue weighted by atomic mass is 9.95. The minimum atomic E-state index is -0.665. The number of carbonyl (C=O) groups is 1. The van der Waals surface area contributed by atoms with Gasteiger partial charge in [0.2, 0.25) is 5.91 Å². The van der Waals surface area contributed by atoms with Crippen molar-refractivity contribution in [2.24, 2.45) is 5.73 Å². The van der Waals surface area contributed by atoms with E-state index in [2.05, 4.69) is 43.2 Å². The minimum absolute atomic E-state index is 0.251. The number of aryl methyl sites for hydroxylation is 2. The maximum Gasteiger partial charge on any atom is 0.237 e. The molecule has 0 spiro atoms. The third-order valence-corrected chi connectivity index (χ3v) is 4.42. The molecule has 1 rings (SSSR count). The summed E-state index contributed by atoms with van der Waals surface area (Å²) >= 11 is 1.69. The Morgan fingerprint density at radius 1 is 1.48 bits per heavy atom. The first-order valence-corrected chi connectivity index (χ1v) is 8.31. The van der Waals surface area contributed by atoms with Gasteiger partial charge in [-0.3, -0.25) is 4.79 Å². The van der Waals surface area contributed by atoms with Crippen LogP contribution in [-0.2, 0) is 4.79 Å². The van der Waals surface area contributed by atoms with E-state index in [9.17, 15) is 4.79 Å². The molecule has 1 aromatic heterocycles. The van der Waals surface area contributed by atoms with Gasteiger partial charge in [0.1, 0.15) is 0 Å². The Morgan fingerprint density at radius 3 is 2.67 bits per heavy atom. The number of hydrogen-bond donors (Lipinski definition) is 2. The van der Waals surface area contributed by atoms with Crippen LogP contribution in [0.25, 0.3) is 0 Å². The molecule has 0 aliphatic carbocycles. The zero-order valence-electron chi connectivity index (χ0n) is 13.7. The van der Waals surface area contributed by atoms with Gasteiger partial charge >= 0.3 is 0 Å². The van der Waals surface area contributed by atoms with Crippen molar-refractivity contribution in [2.45, 2.75) is 63.3 Å². The van der Waals surface area contributed by atoms with Gasteiger partial charge in [0.15, 0.2) is 0 Å². The Morgan fingerprint density at radius 2 is 2.14 bits per heavy atom. The third-order valence-electron chi connectivity index (χ3n) is 3.40. The Labute approximate surface area is 132 Å². The first kappa shape index (κ1) is 18.0. The number of carbonyl (C=O) groups excluding carboxylic acids is 1. The average Bonchev–Trinajstić information content (AvgIpc) is 2.34. The maximum absolute atomic E-state index is 11.8. The molecule has 2 unspecified atom stereocenters. The van der Waals surface area contributed by atoms with E-state index in [0.29, 0.717) is 6.42 Å². The van der Waals surface area contributed by atoms with Crippen LogP contribution in [0.2, 0.25) is 0 Å². The molecule has 5 heteroatoms. The van der Waals surface area contributed by atoms with E-state index in [1.54, 1.807) is 11.8 Å². The normalized spacial score (nSPS) is 15.5. The van der Waals surface area contributed by atoms with Gasteiger partial charge < -0.3 is 11.1 Å². The van der Waals surface area contributed by atoms with Crippen molar-refractivity contribution < 1.29 is 4.79 Å². The summed E-state index contributed by atoms with van der Waals surface area (Å²) in [5.74, 6) is -0.295. The Bertz CT molecular complexity index is 472. The van der Waals surface area contributed by atoms with Crippen molar-refractivity contribution in [3.8, 4) is 0 Å². The predicted molar refractivity (Wildman–Crippen MR) is 89.5 cm³/mol. The van der Waals surface area contributed by atoms with Crippen molar-refractivity contribution in [3.63, 3.8) is 0 Å². The molecule has 0 radical (unpaired) electrons. The van der Waals surface area contributed by atoms with E-state index in [0.717, 1.165) is 23.7 Å². The fourth-order valence-electron chi connectivity index (χ4n) is 2.35. The van der Waals surface area contributed by atoms with Gasteiger partial charge in [-0.15, -0.1) is 11.8 Å². The van der Waals surface area contributed by atoms with Gasteiger partial charge in [-0.05, 0) is 57.9 Å². The quantitative estimate of drug-likeness (QED) is 0.725. The second kappa shape index (κ2) is 7.80. The largest absolute Gasteiger partial charge is 0.368 e. The van der Waals surface area contributed by atoms with E-state index in [1.807, 2.05) is 13.8 Å². The summed E-state index contributed by atoms with van der Waals surface area (Å²) in [5.41, 5.74) is 7.14. The topological polar surface area (TPSA) is 68.0 Å². The number of aromatic nitrogens is 1. The molecule has 0 bridgehead atoms. The van der Waals surface area contributed by atoms with Crippen molar-refractivity contribution >= 4 is 17.7 Å². The molecule has 0 aliphatic heterocycles. The van der Waals surface area contributed by atoms with Crippen LogP contribution in [-0.4, -0.2) is 28.2 Å². The number of nitrogens with one attached hydrogen (secondary N) is 1. The Kier molecular flexibility index (Phi) is 6.68. The van der Waals surface area contributed by atoms with Crippen molar-refractivity contribution in [2.75, 3.05) is 6.54 Å². The van der Waals surface area contributed by atoms with Gasteiger partial charge in [-0.25, -0.2) is 4.98 Å². The molecule has 1 amide bonds. The van der Waals surface area contributed by atoms with Crippen LogP contribution in [0.4, 0.5) is 0 Å². The van der Waals surface area contributed by atoms with Crippen molar-refractivity contribution in [1.29, 1.82) is 0 Å². The minimum Gasteiger partial charge on any atom is -0.368 e. The van der Waals surface area contributed by atoms with Gasteiger partial charge in [0.05, 0.1) is 10.6 Å². The summed E-state index contributed by atoms with van der Waals surface area (Å²) in [4.78, 5) is 16.3. The van der Waals surface area contributed by atoms with E-state index >= 15 is 0 Å². The van der Waals surface area contributed by atoms with Crippen LogP contribution < -0.4 is 11.1 Å². The highest BCUT2D eigenvalue weighted by Crippen LogP contribution is 2.28. The van der Waals surface area contributed by atoms with E-state index < -0.39 is 5.54 Å². The van der Waals surface area contributed by atoms with Gasteiger partial charge in [0.25, 0.3) is 0 Å². The summed E-state index contributed by atoms with van der Waals surface area (Å²) in [6.07, 6.45) is 1.66. The molecule has 0 fully saturated rings. The molecular formula is C16H27N3OS. The number of hydrogen-bond acceptors (Lipinski definition) is 4. The van der Waals surface area contributed by atoms with E-state index in [4.69, 9.17) is 5.73 Å². The lowest BCUT2D eigenvalue weighted by molar-refractivity contribution is -0.124. The van der Waals surface area contributed by atoms with Crippen LogP contribution >= 0.6 is 11.8 Å². The Hall–Kier alpha value is -1.07. The molecule has 0 aliphatic rings. The van der Waals surface area contributed by atoms with Gasteiger partial charge in [-0.2, -0.15) is 0 Å². The molecule has 0 saturated carbocycles. The summed E-state index contributed by atoms with van der Waals surface area (Å²) in [6, 6.07) is 4.14. The van der Waals surface area contributed by atoms with Crippen LogP contribution in [0.1, 0.15) is 44.9 Å². The highest BCUT2D eigenvalue weighted by atomic mass is 32.2. The monoisotopic (exact) mass is 309 g/mol. The lowest BCUT2D eigenvalue weighted by Gasteiger charge is -2.30. The summed E-state index contributed by atoms with van der Waals surface area (Å²) in [5, 5.41) is 4.53. The predicted octanol–water partition coefficient (Wildman–Crippen LogP) is 2.81. The lowest BCUT2D eigenvalue weighted by Crippen LogP contribution is -2.54. The molecular weight excluding hydrogens is 282 g/mol. The number of primary amides is 1. The van der Waals surface area contributed by atoms with Crippen LogP contribution in [0.15, 0.2) is 17.2 Å². The molecule has 1 heterocycles. The van der Waals surface area contributed by atoms with E-state index in [1.165, 1.54) is 5.56 Å². The summed E-state index contributed by atoms with van der Waals surface area (Å²) < 4.78 is 0. The third kappa shape index (κ3) is 5.67. The van der Waals surface area contributed by atoms with Crippen LogP contribution in [0.3, 0.4) is 0 Å². The molecule has 118 valence electrons. The van der Waals surface area contributed by atoms with Crippen LogP contribution in [0.5, 0.6) is 0 Å². The molecule has 4 nitrogen and oxygen atoms in total. The fourth-order valence-corrected chi connectivity index (χ4v) is 3.63. The highest BCUT2D eigenvalue weighted by Gasteiger charge is 2.32. The smallest absolute Gasteiger partial charge is 0.237 e. The molecule has 0 aromatic carbocycles. The number of thioether (sulfide) groups is 1. The zero-order chi connectivity index (χ0) is 16.0. The average molecular weight is 309 g/mol. The second-order valence-corrected chi connectivity index (χ2v) is 7.34. The van der Waals surface area contributed by atoms with Crippen LogP contribution in [0, 0.1) is 13.8 Å². The number of amides is 1. The first-order valence-electron chi connectivity index (χ1n) is 7.43.